The van der Waals surface area contributed by atoms with Gasteiger partial charge in [0.2, 0.25) is 0 Å². The number of rotatable bonds is 7. The fraction of sp³-hybridized carbons (Fsp3) is 0.933. The molecule has 21 heavy (non-hydrogen) atoms. The molecule has 2 heterocycles. The molecule has 0 radical (unpaired) electrons. The van der Waals surface area contributed by atoms with E-state index in [0.29, 0.717) is 6.61 Å². The van der Waals surface area contributed by atoms with Crippen LogP contribution in [0.5, 0.6) is 0 Å². The third-order valence-corrected chi connectivity index (χ3v) is 3.72. The first-order chi connectivity index (χ1) is 10.1. The average Bonchev–Trinajstić information content (AvgIpc) is 2.94. The van der Waals surface area contributed by atoms with Crippen molar-refractivity contribution in [2.24, 2.45) is 10.4 Å². The largest absolute Gasteiger partial charge is 0.380 e. The summed E-state index contributed by atoms with van der Waals surface area (Å²) in [5.41, 5.74) is 0.198. The van der Waals surface area contributed by atoms with E-state index in [2.05, 4.69) is 36.4 Å². The molecule has 0 bridgehead atoms. The highest BCUT2D eigenvalue weighted by molar-refractivity contribution is 5.80. The zero-order valence-electron chi connectivity index (χ0n) is 13.5. The molecular formula is C15H29N3O3. The number of guanidine groups is 1. The van der Waals surface area contributed by atoms with Crippen molar-refractivity contribution >= 4 is 5.96 Å². The second-order valence-electron chi connectivity index (χ2n) is 6.36. The van der Waals surface area contributed by atoms with E-state index in [4.69, 9.17) is 14.2 Å². The van der Waals surface area contributed by atoms with E-state index in [1.54, 1.807) is 0 Å². The zero-order valence-corrected chi connectivity index (χ0v) is 13.5. The molecule has 2 N–H and O–H groups in total. The van der Waals surface area contributed by atoms with Crippen molar-refractivity contribution in [3.63, 3.8) is 0 Å². The Kier molecular flexibility index (Phi) is 6.26. The average molecular weight is 299 g/mol. The van der Waals surface area contributed by atoms with Gasteiger partial charge < -0.3 is 24.8 Å². The molecule has 2 unspecified atom stereocenters. The lowest BCUT2D eigenvalue weighted by Gasteiger charge is -2.36. The highest BCUT2D eigenvalue weighted by Gasteiger charge is 2.33. The van der Waals surface area contributed by atoms with Crippen molar-refractivity contribution < 1.29 is 14.2 Å². The van der Waals surface area contributed by atoms with Crippen molar-refractivity contribution in [2.75, 3.05) is 46.1 Å². The van der Waals surface area contributed by atoms with Crippen molar-refractivity contribution in [3.05, 3.63) is 0 Å². The standard InChI is InChI=1S/C15H29N3O3/c1-4-16-14(17-9-15(3)10-20-11-15)18-12(2)7-21-13-5-6-19-8-13/h12-13H,4-11H2,1-3H3,(H2,16,17,18). The summed E-state index contributed by atoms with van der Waals surface area (Å²) < 4.78 is 16.4. The van der Waals surface area contributed by atoms with Gasteiger partial charge >= 0.3 is 0 Å². The summed E-state index contributed by atoms with van der Waals surface area (Å²) in [6, 6.07) is 0.217. The van der Waals surface area contributed by atoms with E-state index in [1.165, 1.54) is 0 Å². The van der Waals surface area contributed by atoms with Crippen molar-refractivity contribution in [1.82, 2.24) is 10.6 Å². The number of nitrogens with zero attached hydrogens (tertiary/aromatic N) is 1. The van der Waals surface area contributed by atoms with Crippen molar-refractivity contribution in [1.29, 1.82) is 0 Å². The van der Waals surface area contributed by atoms with E-state index in [-0.39, 0.29) is 17.6 Å². The van der Waals surface area contributed by atoms with Crippen LogP contribution in [0.4, 0.5) is 0 Å². The number of nitrogens with one attached hydrogen (secondary N) is 2. The van der Waals surface area contributed by atoms with E-state index < -0.39 is 0 Å². The molecule has 2 aliphatic heterocycles. The van der Waals surface area contributed by atoms with Gasteiger partial charge in [-0.15, -0.1) is 0 Å². The van der Waals surface area contributed by atoms with Crippen molar-refractivity contribution in [3.8, 4) is 0 Å². The minimum Gasteiger partial charge on any atom is -0.380 e. The number of hydrogen-bond acceptors (Lipinski definition) is 4. The Hall–Kier alpha value is -0.850. The smallest absolute Gasteiger partial charge is 0.191 e. The Labute approximate surface area is 127 Å². The first-order valence-corrected chi connectivity index (χ1v) is 7.93. The summed E-state index contributed by atoms with van der Waals surface area (Å²) in [7, 11) is 0. The van der Waals surface area contributed by atoms with Crippen LogP contribution in [0, 0.1) is 5.41 Å². The predicted molar refractivity (Wildman–Crippen MR) is 82.7 cm³/mol. The molecule has 6 nitrogen and oxygen atoms in total. The minimum atomic E-state index is 0.198. The molecule has 0 aromatic heterocycles. The fourth-order valence-electron chi connectivity index (χ4n) is 2.33. The molecule has 2 rings (SSSR count). The summed E-state index contributed by atoms with van der Waals surface area (Å²) in [6.07, 6.45) is 1.25. The molecule has 0 saturated carbocycles. The van der Waals surface area contributed by atoms with Crippen LogP contribution in [-0.2, 0) is 14.2 Å². The lowest BCUT2D eigenvalue weighted by atomic mass is 9.89. The van der Waals surface area contributed by atoms with Crippen molar-refractivity contribution in [2.45, 2.75) is 39.3 Å². The van der Waals surface area contributed by atoms with Crippen LogP contribution in [0.15, 0.2) is 4.99 Å². The van der Waals surface area contributed by atoms with Crippen LogP contribution in [0.3, 0.4) is 0 Å². The quantitative estimate of drug-likeness (QED) is 0.537. The Morgan fingerprint density at radius 3 is 2.81 bits per heavy atom. The lowest BCUT2D eigenvalue weighted by molar-refractivity contribution is -0.0945. The Morgan fingerprint density at radius 1 is 1.43 bits per heavy atom. The van der Waals surface area contributed by atoms with Gasteiger partial charge in [-0.2, -0.15) is 0 Å². The fourth-order valence-corrected chi connectivity index (χ4v) is 2.33. The van der Waals surface area contributed by atoms with Gasteiger partial charge in [0.05, 0.1) is 39.1 Å². The van der Waals surface area contributed by atoms with Crippen LogP contribution in [0.25, 0.3) is 0 Å². The van der Waals surface area contributed by atoms with Gasteiger partial charge in [0.1, 0.15) is 0 Å². The highest BCUT2D eigenvalue weighted by atomic mass is 16.5. The van der Waals surface area contributed by atoms with Crippen LogP contribution in [0.2, 0.25) is 0 Å². The van der Waals surface area contributed by atoms with Crippen LogP contribution < -0.4 is 10.6 Å². The first kappa shape index (κ1) is 16.5. The third kappa shape index (κ3) is 5.45. The monoisotopic (exact) mass is 299 g/mol. The summed E-state index contributed by atoms with van der Waals surface area (Å²) in [5.74, 6) is 0.851. The molecule has 6 heteroatoms. The topological polar surface area (TPSA) is 64.1 Å². The maximum atomic E-state index is 5.83. The number of hydrogen-bond donors (Lipinski definition) is 2. The third-order valence-electron chi connectivity index (χ3n) is 3.72. The predicted octanol–water partition coefficient (Wildman–Crippen LogP) is 0.772. The molecule has 0 amide bonds. The molecule has 2 atom stereocenters. The van der Waals surface area contributed by atoms with Gasteiger partial charge in [-0.25, -0.2) is 0 Å². The van der Waals surface area contributed by atoms with Crippen LogP contribution >= 0.6 is 0 Å². The summed E-state index contributed by atoms with van der Waals surface area (Å²) in [6.45, 7) is 11.8. The normalized spacial score (nSPS) is 26.2. The number of ether oxygens (including phenoxy) is 3. The van der Waals surface area contributed by atoms with Gasteiger partial charge in [0, 0.05) is 24.6 Å². The molecule has 0 aromatic carbocycles. The maximum Gasteiger partial charge on any atom is 0.191 e. The molecule has 0 aromatic rings. The maximum absolute atomic E-state index is 5.83. The SMILES string of the molecule is CCNC(=NCC1(C)COC1)NC(C)COC1CCOC1. The van der Waals surface area contributed by atoms with E-state index in [9.17, 15) is 0 Å². The summed E-state index contributed by atoms with van der Waals surface area (Å²) in [5, 5.41) is 6.67. The Morgan fingerprint density at radius 2 is 2.24 bits per heavy atom. The van der Waals surface area contributed by atoms with E-state index in [0.717, 1.165) is 51.9 Å². The van der Waals surface area contributed by atoms with Gasteiger partial charge in [0.25, 0.3) is 0 Å². The molecule has 2 saturated heterocycles. The zero-order chi connectivity index (χ0) is 15.1. The van der Waals surface area contributed by atoms with E-state index in [1.807, 2.05) is 0 Å². The Balaban J connectivity index is 1.73. The number of aliphatic imine (C=N–C) groups is 1. The molecule has 2 fully saturated rings. The van der Waals surface area contributed by atoms with Crippen LogP contribution in [-0.4, -0.2) is 64.2 Å². The van der Waals surface area contributed by atoms with Gasteiger partial charge in [-0.1, -0.05) is 6.92 Å². The Bertz CT molecular complexity index is 339. The highest BCUT2D eigenvalue weighted by Crippen LogP contribution is 2.26. The minimum absolute atomic E-state index is 0.198. The summed E-state index contributed by atoms with van der Waals surface area (Å²) >= 11 is 0. The summed E-state index contributed by atoms with van der Waals surface area (Å²) in [4.78, 5) is 4.66. The first-order valence-electron chi connectivity index (χ1n) is 7.93. The van der Waals surface area contributed by atoms with E-state index >= 15 is 0 Å². The second kappa shape index (κ2) is 7.96. The second-order valence-corrected chi connectivity index (χ2v) is 6.36. The van der Waals surface area contributed by atoms with Gasteiger partial charge in [-0.05, 0) is 20.3 Å². The van der Waals surface area contributed by atoms with Gasteiger partial charge in [-0.3, -0.25) is 4.99 Å². The molecule has 122 valence electrons. The van der Waals surface area contributed by atoms with Crippen LogP contribution in [0.1, 0.15) is 27.2 Å². The molecular weight excluding hydrogens is 270 g/mol. The molecule has 0 spiro atoms. The molecule has 0 aliphatic carbocycles. The molecule has 2 aliphatic rings. The van der Waals surface area contributed by atoms with Gasteiger partial charge in [0.15, 0.2) is 5.96 Å². The lowest BCUT2D eigenvalue weighted by Crippen LogP contribution is -2.47.